The Kier molecular flexibility index (Phi) is 9.14. The Labute approximate surface area is 246 Å². The van der Waals surface area contributed by atoms with Crippen molar-refractivity contribution < 1.29 is 23.8 Å². The van der Waals surface area contributed by atoms with Crippen molar-refractivity contribution in [3.63, 3.8) is 0 Å². The van der Waals surface area contributed by atoms with E-state index in [0.29, 0.717) is 26.7 Å². The number of methoxy groups -OCH3 is 1. The average Bonchev–Trinajstić information content (AvgIpc) is 3.55. The van der Waals surface area contributed by atoms with E-state index in [4.69, 9.17) is 9.47 Å². The van der Waals surface area contributed by atoms with Crippen LogP contribution in [0.25, 0.3) is 15.2 Å². The minimum Gasteiger partial charge on any atom is -0.496 e. The van der Waals surface area contributed by atoms with Gasteiger partial charge < -0.3 is 14.6 Å². The van der Waals surface area contributed by atoms with Crippen molar-refractivity contribution >= 4 is 27.3 Å². The van der Waals surface area contributed by atoms with Crippen LogP contribution in [0.3, 0.4) is 0 Å². The molecule has 0 fully saturated rings. The van der Waals surface area contributed by atoms with E-state index < -0.39 is 34.8 Å². The summed E-state index contributed by atoms with van der Waals surface area (Å²) in [6.45, 7) is 9.84. The Morgan fingerprint density at radius 1 is 1.17 bits per heavy atom. The number of carbonyl (C=O) groups excluding carboxylic acids is 1. The highest BCUT2D eigenvalue weighted by Crippen LogP contribution is 2.34. The van der Waals surface area contributed by atoms with Crippen molar-refractivity contribution in [2.45, 2.75) is 72.3 Å². The van der Waals surface area contributed by atoms with Gasteiger partial charge in [0.05, 0.1) is 49.7 Å². The molecule has 1 aromatic carbocycles. The molecular weight excluding hydrogens is 565 g/mol. The number of aliphatic hydroxyl groups is 1. The van der Waals surface area contributed by atoms with Gasteiger partial charge in [-0.3, -0.25) is 14.2 Å². The first-order valence-electron chi connectivity index (χ1n) is 13.6. The number of hydrogen-bond acceptors (Lipinski definition) is 9. The fourth-order valence-corrected chi connectivity index (χ4v) is 5.97. The molecule has 0 amide bonds. The van der Waals surface area contributed by atoms with Gasteiger partial charge >= 0.3 is 5.69 Å². The predicted molar refractivity (Wildman–Crippen MR) is 157 cm³/mol. The summed E-state index contributed by atoms with van der Waals surface area (Å²) >= 11 is 1.14. The molecule has 3 heterocycles. The Balaban J connectivity index is 2.00. The largest absolute Gasteiger partial charge is 0.496 e. The van der Waals surface area contributed by atoms with Gasteiger partial charge in [0, 0.05) is 17.5 Å². The summed E-state index contributed by atoms with van der Waals surface area (Å²) in [5, 5.41) is 19.6. The van der Waals surface area contributed by atoms with Crippen LogP contribution >= 0.6 is 11.3 Å². The van der Waals surface area contributed by atoms with Crippen LogP contribution in [0.4, 0.5) is 4.39 Å². The molecule has 4 aromatic rings. The van der Waals surface area contributed by atoms with Gasteiger partial charge in [0.25, 0.3) is 5.56 Å². The zero-order chi connectivity index (χ0) is 30.9. The van der Waals surface area contributed by atoms with Crippen molar-refractivity contribution in [1.82, 2.24) is 24.1 Å². The summed E-state index contributed by atoms with van der Waals surface area (Å²) in [4.78, 5) is 42.9. The quantitative estimate of drug-likeness (QED) is 0.258. The van der Waals surface area contributed by atoms with E-state index >= 15 is 0 Å². The summed E-state index contributed by atoms with van der Waals surface area (Å²) in [7, 11) is 1.43. The number of Topliss-reactive ketones (excluding diaryl/α,β-unsaturated/α-hetero) is 1. The molecule has 0 unspecified atom stereocenters. The number of halogens is 1. The van der Waals surface area contributed by atoms with Gasteiger partial charge in [-0.1, -0.05) is 25.2 Å². The fraction of sp³-hybridized carbons (Fsp3) is 0.483. The first-order chi connectivity index (χ1) is 19.7. The number of fused-ring (bicyclic) bond motifs is 1. The van der Waals surface area contributed by atoms with Gasteiger partial charge in [0.1, 0.15) is 27.5 Å². The third-order valence-corrected chi connectivity index (χ3v) is 8.09. The van der Waals surface area contributed by atoms with E-state index in [9.17, 15) is 23.9 Å². The second-order valence-electron chi connectivity index (χ2n) is 11.3. The van der Waals surface area contributed by atoms with Crippen LogP contribution in [0.1, 0.15) is 64.3 Å². The molecule has 42 heavy (non-hydrogen) atoms. The Morgan fingerprint density at radius 3 is 2.43 bits per heavy atom. The normalized spacial score (nSPS) is 13.6. The molecule has 0 aliphatic carbocycles. The lowest BCUT2D eigenvalue weighted by molar-refractivity contribution is -0.122. The second-order valence-corrected chi connectivity index (χ2v) is 12.3. The zero-order valence-electron chi connectivity index (χ0n) is 24.8. The second kappa shape index (κ2) is 12.3. The van der Waals surface area contributed by atoms with Crippen molar-refractivity contribution in [3.8, 4) is 10.8 Å². The molecule has 0 spiro atoms. The number of carbonyl (C=O) groups is 1. The first-order valence-corrected chi connectivity index (χ1v) is 14.4. The van der Waals surface area contributed by atoms with Gasteiger partial charge in [-0.15, -0.1) is 4.80 Å². The van der Waals surface area contributed by atoms with E-state index in [-0.39, 0.29) is 36.7 Å². The Morgan fingerprint density at radius 2 is 1.83 bits per heavy atom. The van der Waals surface area contributed by atoms with E-state index in [1.807, 2.05) is 13.8 Å². The lowest BCUT2D eigenvalue weighted by Gasteiger charge is -2.26. The summed E-state index contributed by atoms with van der Waals surface area (Å²) in [6, 6.07) is 2.91. The van der Waals surface area contributed by atoms with Gasteiger partial charge in [0.15, 0.2) is 5.78 Å². The molecule has 1 N–H and O–H groups in total. The third-order valence-electron chi connectivity index (χ3n) is 6.81. The number of ketones is 1. The SMILES string of the molecule is COc1ccc(F)cc1[C@H](Cn1c(=O)n([C@H](C)C(=O)CC(C)C)c(=O)c2c(C)c(-n3nccn3)sc21)OCC(C)(C)O. The van der Waals surface area contributed by atoms with Crippen molar-refractivity contribution in [3.05, 3.63) is 68.4 Å². The van der Waals surface area contributed by atoms with Crippen LogP contribution in [0.5, 0.6) is 5.75 Å². The van der Waals surface area contributed by atoms with Gasteiger partial charge in [-0.25, -0.2) is 13.8 Å². The van der Waals surface area contributed by atoms with Crippen molar-refractivity contribution in [1.29, 1.82) is 0 Å². The summed E-state index contributed by atoms with van der Waals surface area (Å²) in [6.07, 6.45) is 2.20. The molecule has 0 saturated carbocycles. The lowest BCUT2D eigenvalue weighted by Crippen LogP contribution is -2.44. The summed E-state index contributed by atoms with van der Waals surface area (Å²) < 4.78 is 28.4. The zero-order valence-corrected chi connectivity index (χ0v) is 25.6. The van der Waals surface area contributed by atoms with E-state index in [0.717, 1.165) is 15.9 Å². The minimum absolute atomic E-state index is 0.0297. The van der Waals surface area contributed by atoms with Crippen LogP contribution in [0.2, 0.25) is 0 Å². The molecule has 226 valence electrons. The highest BCUT2D eigenvalue weighted by atomic mass is 32.1. The third kappa shape index (κ3) is 6.37. The predicted octanol–water partition coefficient (Wildman–Crippen LogP) is 3.97. The molecular formula is C29H36FN5O6S. The van der Waals surface area contributed by atoms with Gasteiger partial charge in [0.2, 0.25) is 0 Å². The molecule has 0 aliphatic rings. The fourth-order valence-electron chi connectivity index (χ4n) is 4.75. The topological polar surface area (TPSA) is 130 Å². The smallest absolute Gasteiger partial charge is 0.332 e. The number of aryl methyl sites for hydroxylation is 1. The maximum atomic E-state index is 14.5. The number of thiophene rings is 1. The van der Waals surface area contributed by atoms with Crippen LogP contribution in [0, 0.1) is 18.7 Å². The Bertz CT molecular complexity index is 1700. The van der Waals surface area contributed by atoms with Crippen LogP contribution in [0.15, 0.2) is 40.2 Å². The van der Waals surface area contributed by atoms with E-state index in [2.05, 4.69) is 10.2 Å². The van der Waals surface area contributed by atoms with Gasteiger partial charge in [-0.2, -0.15) is 10.2 Å². The summed E-state index contributed by atoms with van der Waals surface area (Å²) in [5.41, 5.74) is -1.70. The van der Waals surface area contributed by atoms with Crippen molar-refractivity contribution in [2.24, 2.45) is 5.92 Å². The minimum atomic E-state index is -1.24. The first kappa shape index (κ1) is 31.3. The molecule has 13 heteroatoms. The molecule has 0 aliphatic heterocycles. The maximum Gasteiger partial charge on any atom is 0.332 e. The Hall–Kier alpha value is -3.68. The maximum absolute atomic E-state index is 14.5. The standard InChI is InChI=1S/C29H36FN5O6S/c1-16(2)12-21(36)18(4)34-25(37)24-17(3)26(35-31-10-11-32-35)42-27(24)33(28(34)38)14-23(41-15-29(5,6)39)20-13-19(30)8-9-22(20)40-7/h8-11,13,16,18,23,39H,12,14-15H2,1-7H3/t18-,23+/m1/s1. The molecule has 3 aromatic heterocycles. The van der Waals surface area contributed by atoms with Crippen molar-refractivity contribution in [2.75, 3.05) is 13.7 Å². The molecule has 0 saturated heterocycles. The number of hydrogen-bond donors (Lipinski definition) is 1. The van der Waals surface area contributed by atoms with Crippen LogP contribution in [-0.4, -0.2) is 54.3 Å². The van der Waals surface area contributed by atoms with Crippen LogP contribution < -0.4 is 16.0 Å². The molecule has 11 nitrogen and oxygen atoms in total. The summed E-state index contributed by atoms with van der Waals surface area (Å²) in [5.74, 6) is -0.448. The average molecular weight is 602 g/mol. The number of rotatable bonds is 12. The number of aromatic nitrogens is 5. The van der Waals surface area contributed by atoms with E-state index in [1.54, 1.807) is 27.7 Å². The van der Waals surface area contributed by atoms with Crippen LogP contribution in [-0.2, 0) is 16.1 Å². The number of ether oxygens (including phenoxy) is 2. The number of nitrogens with zero attached hydrogens (tertiary/aromatic N) is 5. The molecule has 0 bridgehead atoms. The molecule has 0 radical (unpaired) electrons. The van der Waals surface area contributed by atoms with E-state index in [1.165, 1.54) is 47.1 Å². The van der Waals surface area contributed by atoms with Gasteiger partial charge in [-0.05, 0) is 51.8 Å². The highest BCUT2D eigenvalue weighted by molar-refractivity contribution is 7.21. The monoisotopic (exact) mass is 601 g/mol. The molecule has 4 rings (SSSR count). The lowest BCUT2D eigenvalue weighted by atomic mass is 10.0. The highest BCUT2D eigenvalue weighted by Gasteiger charge is 2.29. The number of benzene rings is 1. The molecule has 2 atom stereocenters.